The first kappa shape index (κ1) is 19.2. The molecule has 0 radical (unpaired) electrons. The van der Waals surface area contributed by atoms with Crippen molar-refractivity contribution in [2.45, 2.75) is 49.1 Å². The monoisotopic (exact) mass is 452 g/mol. The average molecular weight is 453 g/mol. The Morgan fingerprint density at radius 1 is 1.00 bits per heavy atom. The van der Waals surface area contributed by atoms with Crippen molar-refractivity contribution in [3.05, 3.63) is 64.1 Å². The van der Waals surface area contributed by atoms with Gasteiger partial charge in [0.15, 0.2) is 11.0 Å². The predicted molar refractivity (Wildman–Crippen MR) is 116 cm³/mol. The van der Waals surface area contributed by atoms with Gasteiger partial charge in [0.1, 0.15) is 0 Å². The normalized spacial score (nSPS) is 14.7. The van der Waals surface area contributed by atoms with Crippen molar-refractivity contribution in [2.75, 3.05) is 0 Å². The molecule has 0 aliphatic heterocycles. The van der Waals surface area contributed by atoms with E-state index in [9.17, 15) is 0 Å². The molecule has 1 aliphatic carbocycles. The van der Waals surface area contributed by atoms with Gasteiger partial charge in [-0.3, -0.25) is 4.57 Å². The van der Waals surface area contributed by atoms with E-state index in [0.717, 1.165) is 26.8 Å². The number of benzene rings is 2. The van der Waals surface area contributed by atoms with Crippen LogP contribution in [0.3, 0.4) is 0 Å². The van der Waals surface area contributed by atoms with Crippen LogP contribution in [0.25, 0.3) is 11.4 Å². The van der Waals surface area contributed by atoms with Gasteiger partial charge < -0.3 is 0 Å². The molecule has 4 nitrogen and oxygen atoms in total. The molecule has 3 aromatic rings. The van der Waals surface area contributed by atoms with E-state index >= 15 is 0 Å². The van der Waals surface area contributed by atoms with E-state index in [4.69, 9.17) is 5.26 Å². The maximum Gasteiger partial charge on any atom is 0.192 e. The number of nitrogens with zero attached hydrogens (tertiary/aromatic N) is 4. The molecule has 142 valence electrons. The topological polar surface area (TPSA) is 54.5 Å². The minimum atomic E-state index is 0.464. The Hall–Kier alpha value is -2.10. The van der Waals surface area contributed by atoms with Gasteiger partial charge in [0.25, 0.3) is 0 Å². The summed E-state index contributed by atoms with van der Waals surface area (Å²) in [4.78, 5) is 0. The first-order chi connectivity index (χ1) is 13.7. The second-order valence-electron chi connectivity index (χ2n) is 7.07. The molecule has 28 heavy (non-hydrogen) atoms. The molecule has 0 saturated heterocycles. The summed E-state index contributed by atoms with van der Waals surface area (Å²) in [6.45, 7) is 0. The molecule has 4 rings (SSSR count). The maximum atomic E-state index is 8.97. The second kappa shape index (κ2) is 8.93. The number of nitriles is 1. The number of rotatable bonds is 5. The zero-order chi connectivity index (χ0) is 19.3. The van der Waals surface area contributed by atoms with Crippen molar-refractivity contribution in [2.24, 2.45) is 0 Å². The molecular weight excluding hydrogens is 432 g/mol. The minimum Gasteiger partial charge on any atom is -0.299 e. The molecule has 6 heteroatoms. The van der Waals surface area contributed by atoms with Crippen LogP contribution >= 0.6 is 27.7 Å². The molecule has 0 spiro atoms. The highest BCUT2D eigenvalue weighted by molar-refractivity contribution is 9.10. The summed E-state index contributed by atoms with van der Waals surface area (Å²) >= 11 is 5.24. The zero-order valence-electron chi connectivity index (χ0n) is 15.5. The summed E-state index contributed by atoms with van der Waals surface area (Å²) in [6.07, 6.45) is 6.22. The standard InChI is InChI=1S/C22H21BrN4S/c23-19-12-10-18(11-13-19)21-25-26-22(27(21)20-4-2-1-3-5-20)28-15-17-8-6-16(14-24)7-9-17/h6-13,20H,1-5,15H2. The quantitative estimate of drug-likeness (QED) is 0.421. The first-order valence-corrected chi connectivity index (χ1v) is 11.3. The first-order valence-electron chi connectivity index (χ1n) is 9.57. The molecule has 1 heterocycles. The van der Waals surface area contributed by atoms with Gasteiger partial charge in [-0.2, -0.15) is 5.26 Å². The second-order valence-corrected chi connectivity index (χ2v) is 8.93. The molecule has 0 unspecified atom stereocenters. The van der Waals surface area contributed by atoms with E-state index in [2.05, 4.69) is 61.0 Å². The third kappa shape index (κ3) is 4.31. The average Bonchev–Trinajstić information content (AvgIpc) is 3.17. The fourth-order valence-electron chi connectivity index (χ4n) is 3.66. The van der Waals surface area contributed by atoms with Crippen molar-refractivity contribution in [3.8, 4) is 17.5 Å². The van der Waals surface area contributed by atoms with E-state index in [1.807, 2.05) is 24.3 Å². The summed E-state index contributed by atoms with van der Waals surface area (Å²) < 4.78 is 3.42. The van der Waals surface area contributed by atoms with Gasteiger partial charge in [-0.05, 0) is 42.7 Å². The highest BCUT2D eigenvalue weighted by Gasteiger charge is 2.23. The van der Waals surface area contributed by atoms with Gasteiger partial charge in [0.2, 0.25) is 0 Å². The lowest BCUT2D eigenvalue weighted by atomic mass is 9.95. The Kier molecular flexibility index (Phi) is 6.13. The van der Waals surface area contributed by atoms with E-state index in [1.54, 1.807) is 11.8 Å². The highest BCUT2D eigenvalue weighted by atomic mass is 79.9. The number of thioether (sulfide) groups is 1. The minimum absolute atomic E-state index is 0.464. The van der Waals surface area contributed by atoms with Crippen LogP contribution in [0.2, 0.25) is 0 Å². The maximum absolute atomic E-state index is 8.97. The predicted octanol–water partition coefficient (Wildman–Crippen LogP) is 6.38. The fraction of sp³-hybridized carbons (Fsp3) is 0.318. The van der Waals surface area contributed by atoms with Crippen LogP contribution in [-0.4, -0.2) is 14.8 Å². The van der Waals surface area contributed by atoms with Gasteiger partial charge in [-0.1, -0.05) is 71.2 Å². The van der Waals surface area contributed by atoms with E-state index in [-0.39, 0.29) is 0 Å². The van der Waals surface area contributed by atoms with Gasteiger partial charge in [-0.25, -0.2) is 0 Å². The Morgan fingerprint density at radius 3 is 2.39 bits per heavy atom. The van der Waals surface area contributed by atoms with Crippen LogP contribution < -0.4 is 0 Å². The van der Waals surface area contributed by atoms with Crippen LogP contribution in [0.1, 0.15) is 49.3 Å². The van der Waals surface area contributed by atoms with Crippen molar-refractivity contribution in [1.29, 1.82) is 5.26 Å². The highest BCUT2D eigenvalue weighted by Crippen LogP contribution is 2.36. The number of hydrogen-bond acceptors (Lipinski definition) is 4. The van der Waals surface area contributed by atoms with Gasteiger partial charge in [0, 0.05) is 21.8 Å². The largest absolute Gasteiger partial charge is 0.299 e. The lowest BCUT2D eigenvalue weighted by Gasteiger charge is -2.25. The summed E-state index contributed by atoms with van der Waals surface area (Å²) in [5.74, 6) is 1.78. The molecular formula is C22H21BrN4S. The Bertz CT molecular complexity index is 967. The third-order valence-electron chi connectivity index (χ3n) is 5.16. The smallest absolute Gasteiger partial charge is 0.192 e. The van der Waals surface area contributed by atoms with E-state index in [1.165, 1.54) is 37.7 Å². The molecule has 1 aliphatic rings. The number of aromatic nitrogens is 3. The molecule has 0 amide bonds. The molecule has 0 atom stereocenters. The molecule has 0 bridgehead atoms. The molecule has 0 N–H and O–H groups in total. The Morgan fingerprint density at radius 2 is 1.71 bits per heavy atom. The third-order valence-corrected chi connectivity index (χ3v) is 6.70. The van der Waals surface area contributed by atoms with Crippen molar-refractivity contribution < 1.29 is 0 Å². The number of halogens is 1. The molecule has 1 saturated carbocycles. The van der Waals surface area contributed by atoms with Crippen LogP contribution in [-0.2, 0) is 5.75 Å². The molecule has 2 aromatic carbocycles. The van der Waals surface area contributed by atoms with Gasteiger partial charge in [0.05, 0.1) is 11.6 Å². The van der Waals surface area contributed by atoms with E-state index in [0.29, 0.717) is 11.6 Å². The number of hydrogen-bond donors (Lipinski definition) is 0. The molecule has 1 fully saturated rings. The van der Waals surface area contributed by atoms with Crippen LogP contribution in [0, 0.1) is 11.3 Å². The Labute approximate surface area is 178 Å². The summed E-state index contributed by atoms with van der Waals surface area (Å²) in [7, 11) is 0. The summed E-state index contributed by atoms with van der Waals surface area (Å²) in [5.41, 5.74) is 2.98. The van der Waals surface area contributed by atoms with Crippen LogP contribution in [0.4, 0.5) is 0 Å². The summed E-state index contributed by atoms with van der Waals surface area (Å²) in [6, 6.07) is 18.7. The fourth-order valence-corrected chi connectivity index (χ4v) is 4.89. The van der Waals surface area contributed by atoms with Crippen molar-refractivity contribution in [3.63, 3.8) is 0 Å². The van der Waals surface area contributed by atoms with Crippen molar-refractivity contribution in [1.82, 2.24) is 14.8 Å². The van der Waals surface area contributed by atoms with Crippen LogP contribution in [0.5, 0.6) is 0 Å². The van der Waals surface area contributed by atoms with E-state index < -0.39 is 0 Å². The van der Waals surface area contributed by atoms with Gasteiger partial charge in [-0.15, -0.1) is 10.2 Å². The van der Waals surface area contributed by atoms with Crippen LogP contribution in [0.15, 0.2) is 58.2 Å². The lowest BCUT2D eigenvalue weighted by Crippen LogP contribution is -2.15. The Balaban J connectivity index is 1.62. The van der Waals surface area contributed by atoms with Gasteiger partial charge >= 0.3 is 0 Å². The zero-order valence-corrected chi connectivity index (χ0v) is 17.9. The molecule has 1 aromatic heterocycles. The lowest BCUT2D eigenvalue weighted by molar-refractivity contribution is 0.339. The SMILES string of the molecule is N#Cc1ccc(CSc2nnc(-c3ccc(Br)cc3)n2C2CCCCC2)cc1. The summed E-state index contributed by atoms with van der Waals surface area (Å²) in [5, 5.41) is 19.1. The van der Waals surface area contributed by atoms with Crippen molar-refractivity contribution >= 4 is 27.7 Å².